The molecule has 0 heterocycles. The van der Waals surface area contributed by atoms with E-state index in [4.69, 9.17) is 14.2 Å². The molecule has 0 unspecified atom stereocenters. The predicted molar refractivity (Wildman–Crippen MR) is 160 cm³/mol. The highest BCUT2D eigenvalue weighted by atomic mass is 127. The van der Waals surface area contributed by atoms with Crippen molar-refractivity contribution >= 4 is 56.3 Å². The minimum Gasteiger partial charge on any atom is -0.496 e. The summed E-state index contributed by atoms with van der Waals surface area (Å²) < 4.78 is 18.0. The Labute approximate surface area is 234 Å². The maximum absolute atomic E-state index is 12.9. The number of hydrogen-bond donors (Lipinski definition) is 1. The van der Waals surface area contributed by atoms with Crippen LogP contribution >= 0.6 is 22.6 Å². The number of methoxy groups -OCH3 is 2. The number of benzene rings is 5. The van der Waals surface area contributed by atoms with Crippen LogP contribution in [0.5, 0.6) is 17.2 Å². The van der Waals surface area contributed by atoms with Crippen LogP contribution in [0, 0.1) is 3.57 Å². The molecule has 0 aromatic heterocycles. The van der Waals surface area contributed by atoms with Gasteiger partial charge in [0.15, 0.2) is 11.5 Å². The molecule has 1 N–H and O–H groups in total. The molecular formula is C31H25IN2O4. The van der Waals surface area contributed by atoms with Gasteiger partial charge in [-0.1, -0.05) is 60.7 Å². The highest BCUT2D eigenvalue weighted by Crippen LogP contribution is 2.34. The third-order valence-electron chi connectivity index (χ3n) is 6.14. The minimum absolute atomic E-state index is 0.360. The number of rotatable bonds is 8. The molecule has 190 valence electrons. The lowest BCUT2D eigenvalue weighted by Gasteiger charge is -2.14. The zero-order valence-electron chi connectivity index (χ0n) is 20.9. The van der Waals surface area contributed by atoms with Crippen molar-refractivity contribution in [3.8, 4) is 17.2 Å². The van der Waals surface area contributed by atoms with Crippen LogP contribution in [0.4, 0.5) is 0 Å². The molecule has 0 atom stereocenters. The quantitative estimate of drug-likeness (QED) is 0.116. The monoisotopic (exact) mass is 616 g/mol. The van der Waals surface area contributed by atoms with Crippen molar-refractivity contribution in [2.24, 2.45) is 5.10 Å². The van der Waals surface area contributed by atoms with Gasteiger partial charge in [-0.2, -0.15) is 5.10 Å². The highest BCUT2D eigenvalue weighted by molar-refractivity contribution is 14.1. The predicted octanol–water partition coefficient (Wildman–Crippen LogP) is 6.96. The Hall–Kier alpha value is -4.11. The minimum atomic E-state index is -0.360. The van der Waals surface area contributed by atoms with E-state index in [1.54, 1.807) is 26.5 Å². The Balaban J connectivity index is 1.30. The maximum atomic E-state index is 12.9. The summed E-state index contributed by atoms with van der Waals surface area (Å²) in [6, 6.07) is 29.7. The molecule has 5 aromatic rings. The number of amides is 1. The number of fused-ring (bicyclic) bond motifs is 2. The summed E-state index contributed by atoms with van der Waals surface area (Å²) in [6.45, 7) is 0.411. The maximum Gasteiger partial charge on any atom is 0.275 e. The summed E-state index contributed by atoms with van der Waals surface area (Å²) in [5.41, 5.74) is 4.83. The van der Waals surface area contributed by atoms with Crippen molar-refractivity contribution in [2.75, 3.05) is 14.2 Å². The SMILES string of the molecule is COc1cc2ccccc2cc1C(=O)N/N=C\c1cc(I)c(OCc2ccc3ccccc3c2)c(OC)c1. The van der Waals surface area contributed by atoms with E-state index in [1.807, 2.05) is 54.6 Å². The summed E-state index contributed by atoms with van der Waals surface area (Å²) >= 11 is 2.21. The van der Waals surface area contributed by atoms with Gasteiger partial charge >= 0.3 is 0 Å². The first-order chi connectivity index (χ1) is 18.6. The van der Waals surface area contributed by atoms with E-state index in [0.29, 0.717) is 29.4 Å². The molecule has 0 spiro atoms. The van der Waals surface area contributed by atoms with Gasteiger partial charge in [0.1, 0.15) is 12.4 Å². The number of hydrogen-bond acceptors (Lipinski definition) is 5. The van der Waals surface area contributed by atoms with Crippen LogP contribution in [0.2, 0.25) is 0 Å². The first-order valence-electron chi connectivity index (χ1n) is 11.9. The van der Waals surface area contributed by atoms with Crippen LogP contribution in [0.15, 0.2) is 96.1 Å². The number of carbonyl (C=O) groups is 1. The molecule has 1 amide bonds. The number of nitrogens with one attached hydrogen (secondary N) is 1. The second kappa shape index (κ2) is 11.5. The Kier molecular flexibility index (Phi) is 7.74. The Morgan fingerprint density at radius 1 is 0.816 bits per heavy atom. The molecule has 0 bridgehead atoms. The Morgan fingerprint density at radius 2 is 1.47 bits per heavy atom. The van der Waals surface area contributed by atoms with Crippen LogP contribution in [0.25, 0.3) is 21.5 Å². The van der Waals surface area contributed by atoms with Crippen molar-refractivity contribution in [3.63, 3.8) is 0 Å². The fraction of sp³-hybridized carbons (Fsp3) is 0.0968. The van der Waals surface area contributed by atoms with E-state index in [-0.39, 0.29) is 5.91 Å². The van der Waals surface area contributed by atoms with E-state index in [0.717, 1.165) is 25.5 Å². The molecule has 0 aliphatic carbocycles. The third-order valence-corrected chi connectivity index (χ3v) is 6.94. The topological polar surface area (TPSA) is 69.2 Å². The van der Waals surface area contributed by atoms with E-state index in [9.17, 15) is 4.79 Å². The van der Waals surface area contributed by atoms with E-state index >= 15 is 0 Å². The molecule has 0 saturated heterocycles. The first kappa shape index (κ1) is 25.5. The molecule has 0 aliphatic heterocycles. The molecule has 0 fully saturated rings. The van der Waals surface area contributed by atoms with Crippen molar-refractivity contribution in [2.45, 2.75) is 6.61 Å². The zero-order chi connectivity index (χ0) is 26.5. The van der Waals surface area contributed by atoms with Crippen molar-refractivity contribution in [3.05, 3.63) is 111 Å². The second-order valence-corrected chi connectivity index (χ2v) is 9.77. The molecule has 6 nitrogen and oxygen atoms in total. The summed E-state index contributed by atoms with van der Waals surface area (Å²) in [5, 5.41) is 8.47. The largest absolute Gasteiger partial charge is 0.496 e. The third kappa shape index (κ3) is 5.57. The summed E-state index contributed by atoms with van der Waals surface area (Å²) in [4.78, 5) is 12.9. The average molecular weight is 616 g/mol. The van der Waals surface area contributed by atoms with Gasteiger partial charge in [-0.15, -0.1) is 0 Å². The zero-order valence-corrected chi connectivity index (χ0v) is 23.1. The number of carbonyl (C=O) groups excluding carboxylic acids is 1. The molecule has 0 saturated carbocycles. The van der Waals surface area contributed by atoms with Gasteiger partial charge in [0.25, 0.3) is 5.91 Å². The van der Waals surface area contributed by atoms with Crippen molar-refractivity contribution in [1.29, 1.82) is 0 Å². The fourth-order valence-electron chi connectivity index (χ4n) is 4.23. The molecule has 5 rings (SSSR count). The number of hydrazone groups is 1. The molecule has 5 aromatic carbocycles. The smallest absolute Gasteiger partial charge is 0.275 e. The standard InChI is InChI=1S/C31H25IN2O4/c1-36-28-17-25-10-6-5-9-24(25)16-26(28)31(35)34-33-18-21-14-27(32)30(29(15-21)37-2)38-19-20-11-12-22-7-3-4-8-23(22)13-20/h3-18H,19H2,1-2H3,(H,34,35)/b33-18-. The lowest BCUT2D eigenvalue weighted by Crippen LogP contribution is -2.18. The average Bonchev–Trinajstić information content (AvgIpc) is 2.95. The first-order valence-corrected chi connectivity index (χ1v) is 13.0. The number of halogens is 1. The van der Waals surface area contributed by atoms with Gasteiger partial charge < -0.3 is 14.2 Å². The van der Waals surface area contributed by atoms with E-state index in [2.05, 4.69) is 63.4 Å². The molecular weight excluding hydrogens is 591 g/mol. The van der Waals surface area contributed by atoms with Crippen LogP contribution in [-0.2, 0) is 6.61 Å². The van der Waals surface area contributed by atoms with Gasteiger partial charge in [0.05, 0.1) is 29.6 Å². The second-order valence-electron chi connectivity index (χ2n) is 8.60. The van der Waals surface area contributed by atoms with Gasteiger partial charge in [-0.05, 0) is 85.6 Å². The molecule has 7 heteroatoms. The fourth-order valence-corrected chi connectivity index (χ4v) is 5.01. The Morgan fingerprint density at radius 3 is 2.18 bits per heavy atom. The van der Waals surface area contributed by atoms with Crippen LogP contribution in [-0.4, -0.2) is 26.3 Å². The summed E-state index contributed by atoms with van der Waals surface area (Å²) in [7, 11) is 3.14. The van der Waals surface area contributed by atoms with Crippen LogP contribution in [0.3, 0.4) is 0 Å². The van der Waals surface area contributed by atoms with E-state index < -0.39 is 0 Å². The number of nitrogens with zero attached hydrogens (tertiary/aromatic N) is 1. The van der Waals surface area contributed by atoms with Gasteiger partial charge in [-0.25, -0.2) is 5.43 Å². The molecule has 0 aliphatic rings. The summed E-state index contributed by atoms with van der Waals surface area (Å²) in [6.07, 6.45) is 1.57. The van der Waals surface area contributed by atoms with Crippen LogP contribution < -0.4 is 19.6 Å². The normalized spacial score (nSPS) is 11.1. The van der Waals surface area contributed by atoms with Gasteiger partial charge in [0.2, 0.25) is 0 Å². The van der Waals surface area contributed by atoms with Crippen LogP contribution in [0.1, 0.15) is 21.5 Å². The van der Waals surface area contributed by atoms with E-state index in [1.165, 1.54) is 10.8 Å². The lowest BCUT2D eigenvalue weighted by atomic mass is 10.1. The Bertz CT molecular complexity index is 1670. The number of ether oxygens (including phenoxy) is 3. The van der Waals surface area contributed by atoms with Gasteiger partial charge in [0, 0.05) is 0 Å². The van der Waals surface area contributed by atoms with Gasteiger partial charge in [-0.3, -0.25) is 4.79 Å². The lowest BCUT2D eigenvalue weighted by molar-refractivity contribution is 0.0952. The highest BCUT2D eigenvalue weighted by Gasteiger charge is 2.14. The van der Waals surface area contributed by atoms with Crippen molar-refractivity contribution < 1.29 is 19.0 Å². The summed E-state index contributed by atoms with van der Waals surface area (Å²) in [5.74, 6) is 1.37. The molecule has 0 radical (unpaired) electrons. The van der Waals surface area contributed by atoms with Crippen molar-refractivity contribution in [1.82, 2.24) is 5.43 Å². The molecule has 38 heavy (non-hydrogen) atoms.